The summed E-state index contributed by atoms with van der Waals surface area (Å²) in [5.74, 6) is 1.22. The molecule has 1 atom stereocenters. The third-order valence-electron chi connectivity index (χ3n) is 4.84. The Kier molecular flexibility index (Phi) is 4.71. The second kappa shape index (κ2) is 6.73. The zero-order valence-corrected chi connectivity index (χ0v) is 13.7. The van der Waals surface area contributed by atoms with Crippen LogP contribution in [0.3, 0.4) is 0 Å². The number of amides is 1. The van der Waals surface area contributed by atoms with Crippen LogP contribution in [0.2, 0.25) is 0 Å². The topological polar surface area (TPSA) is 49.3 Å². The highest BCUT2D eigenvalue weighted by atomic mass is 16.2. The minimum atomic E-state index is 0.254. The van der Waals surface area contributed by atoms with Crippen molar-refractivity contribution in [2.75, 3.05) is 20.1 Å². The molecule has 0 radical (unpaired) electrons. The smallest absolute Gasteiger partial charge is 0.222 e. The molecule has 2 aliphatic heterocycles. The van der Waals surface area contributed by atoms with Crippen LogP contribution in [0, 0.1) is 0 Å². The highest BCUT2D eigenvalue weighted by molar-refractivity contribution is 5.76. The van der Waals surface area contributed by atoms with Gasteiger partial charge in [-0.1, -0.05) is 13.3 Å². The van der Waals surface area contributed by atoms with Crippen LogP contribution in [0.25, 0.3) is 0 Å². The molecule has 0 bridgehead atoms. The van der Waals surface area contributed by atoms with Gasteiger partial charge in [0.05, 0.1) is 11.7 Å². The van der Waals surface area contributed by atoms with Gasteiger partial charge in [-0.25, -0.2) is 9.97 Å². The van der Waals surface area contributed by atoms with Gasteiger partial charge >= 0.3 is 0 Å². The zero-order valence-electron chi connectivity index (χ0n) is 13.7. The molecule has 1 aromatic heterocycles. The molecule has 22 heavy (non-hydrogen) atoms. The summed E-state index contributed by atoms with van der Waals surface area (Å²) in [5, 5.41) is 0. The van der Waals surface area contributed by atoms with Crippen LogP contribution >= 0.6 is 0 Å². The summed E-state index contributed by atoms with van der Waals surface area (Å²) in [6.45, 7) is 4.65. The van der Waals surface area contributed by atoms with Gasteiger partial charge < -0.3 is 4.90 Å². The Bertz CT molecular complexity index is 545. The van der Waals surface area contributed by atoms with E-state index in [-0.39, 0.29) is 5.91 Å². The highest BCUT2D eigenvalue weighted by Crippen LogP contribution is 2.28. The first kappa shape index (κ1) is 15.4. The predicted molar refractivity (Wildman–Crippen MR) is 85.3 cm³/mol. The van der Waals surface area contributed by atoms with E-state index in [2.05, 4.69) is 16.9 Å². The maximum Gasteiger partial charge on any atom is 0.222 e. The summed E-state index contributed by atoms with van der Waals surface area (Å²) in [6.07, 6.45) is 8.03. The van der Waals surface area contributed by atoms with E-state index in [1.54, 1.807) is 0 Å². The number of nitrogens with zero attached hydrogens (tertiary/aromatic N) is 4. The number of likely N-dealkylation sites (tertiary alicyclic amines) is 1. The number of carbonyl (C=O) groups is 1. The molecule has 0 spiro atoms. The van der Waals surface area contributed by atoms with E-state index in [0.717, 1.165) is 49.4 Å². The van der Waals surface area contributed by atoms with Crippen LogP contribution in [-0.4, -0.2) is 45.8 Å². The summed E-state index contributed by atoms with van der Waals surface area (Å²) in [6, 6.07) is 0.360. The highest BCUT2D eigenvalue weighted by Gasteiger charge is 2.26. The molecule has 0 saturated carbocycles. The van der Waals surface area contributed by atoms with E-state index in [1.165, 1.54) is 12.8 Å². The van der Waals surface area contributed by atoms with Gasteiger partial charge in [-0.15, -0.1) is 0 Å². The quantitative estimate of drug-likeness (QED) is 0.860. The maximum absolute atomic E-state index is 12.0. The van der Waals surface area contributed by atoms with E-state index in [0.29, 0.717) is 19.0 Å². The molecular formula is C17H26N4O. The molecule has 2 aliphatic rings. The van der Waals surface area contributed by atoms with Crippen LogP contribution in [0.1, 0.15) is 62.2 Å². The van der Waals surface area contributed by atoms with Gasteiger partial charge in [-0.3, -0.25) is 9.69 Å². The van der Waals surface area contributed by atoms with Crippen LogP contribution < -0.4 is 0 Å². The minimum Gasteiger partial charge on any atom is -0.338 e. The number of hydrogen-bond acceptors (Lipinski definition) is 4. The molecule has 0 N–H and O–H groups in total. The molecule has 1 fully saturated rings. The summed E-state index contributed by atoms with van der Waals surface area (Å²) in [5.41, 5.74) is 2.27. The Morgan fingerprint density at radius 3 is 3.00 bits per heavy atom. The fraction of sp³-hybridized carbons (Fsp3) is 0.706. The van der Waals surface area contributed by atoms with Crippen molar-refractivity contribution in [1.29, 1.82) is 0 Å². The van der Waals surface area contributed by atoms with Crippen molar-refractivity contribution in [3.8, 4) is 0 Å². The molecule has 3 rings (SSSR count). The number of aromatic nitrogens is 2. The van der Waals surface area contributed by atoms with Crippen molar-refractivity contribution < 1.29 is 4.79 Å². The van der Waals surface area contributed by atoms with Crippen molar-refractivity contribution >= 4 is 5.91 Å². The van der Waals surface area contributed by atoms with Crippen molar-refractivity contribution in [2.24, 2.45) is 0 Å². The average molecular weight is 302 g/mol. The molecule has 1 amide bonds. The second-order valence-electron chi connectivity index (χ2n) is 6.51. The van der Waals surface area contributed by atoms with E-state index in [1.807, 2.05) is 18.0 Å². The average Bonchev–Trinajstić information content (AvgIpc) is 2.54. The van der Waals surface area contributed by atoms with Gasteiger partial charge in [0, 0.05) is 37.7 Å². The molecular weight excluding hydrogens is 276 g/mol. The van der Waals surface area contributed by atoms with Gasteiger partial charge in [0.1, 0.15) is 5.82 Å². The maximum atomic E-state index is 12.0. The normalized spacial score (nSPS) is 22.5. The molecule has 5 nitrogen and oxygen atoms in total. The van der Waals surface area contributed by atoms with Crippen LogP contribution in [0.15, 0.2) is 6.20 Å². The van der Waals surface area contributed by atoms with Gasteiger partial charge in [0.25, 0.3) is 0 Å². The molecule has 5 heteroatoms. The number of piperidine rings is 1. The van der Waals surface area contributed by atoms with Gasteiger partial charge in [0.15, 0.2) is 0 Å². The molecule has 120 valence electrons. The number of rotatable bonds is 3. The van der Waals surface area contributed by atoms with Crippen molar-refractivity contribution in [3.63, 3.8) is 0 Å². The summed E-state index contributed by atoms with van der Waals surface area (Å²) in [7, 11) is 2.16. The first-order valence-electron chi connectivity index (χ1n) is 8.51. The molecule has 0 aliphatic carbocycles. The van der Waals surface area contributed by atoms with E-state index >= 15 is 0 Å². The van der Waals surface area contributed by atoms with Gasteiger partial charge in [-0.05, 0) is 32.9 Å². The van der Waals surface area contributed by atoms with E-state index < -0.39 is 0 Å². The fourth-order valence-corrected chi connectivity index (χ4v) is 3.48. The van der Waals surface area contributed by atoms with Crippen molar-refractivity contribution in [1.82, 2.24) is 19.8 Å². The second-order valence-corrected chi connectivity index (χ2v) is 6.51. The van der Waals surface area contributed by atoms with Crippen LogP contribution in [0.4, 0.5) is 0 Å². The van der Waals surface area contributed by atoms with Crippen LogP contribution in [-0.2, 0) is 17.8 Å². The lowest BCUT2D eigenvalue weighted by Crippen LogP contribution is -2.37. The number of hydrogen-bond donors (Lipinski definition) is 0. The first-order valence-corrected chi connectivity index (χ1v) is 8.51. The largest absolute Gasteiger partial charge is 0.338 e. The van der Waals surface area contributed by atoms with E-state index in [9.17, 15) is 4.79 Å². The standard InChI is InChI=1S/C17H26N4O/c1-3-6-16(22)21-10-8-14-13(12-21)11-18-17(19-14)15-7-4-5-9-20(15)2/h11,15H,3-10,12H2,1-2H3. The third-order valence-corrected chi connectivity index (χ3v) is 4.84. The summed E-state index contributed by atoms with van der Waals surface area (Å²) >= 11 is 0. The minimum absolute atomic E-state index is 0.254. The van der Waals surface area contributed by atoms with Gasteiger partial charge in [-0.2, -0.15) is 0 Å². The lowest BCUT2D eigenvalue weighted by Gasteiger charge is -2.32. The van der Waals surface area contributed by atoms with Crippen LogP contribution in [0.5, 0.6) is 0 Å². The lowest BCUT2D eigenvalue weighted by atomic mass is 10.0. The number of carbonyl (C=O) groups excluding carboxylic acids is 1. The van der Waals surface area contributed by atoms with E-state index in [4.69, 9.17) is 4.98 Å². The SMILES string of the molecule is CCCC(=O)N1CCc2nc(C3CCCCN3C)ncc2C1. The third kappa shape index (κ3) is 3.14. The Morgan fingerprint density at radius 1 is 1.36 bits per heavy atom. The zero-order chi connectivity index (χ0) is 15.5. The Balaban J connectivity index is 1.74. The molecule has 1 aromatic rings. The number of fused-ring (bicyclic) bond motifs is 1. The molecule has 1 unspecified atom stereocenters. The first-order chi connectivity index (χ1) is 10.7. The summed E-state index contributed by atoms with van der Waals surface area (Å²) in [4.78, 5) is 25.8. The van der Waals surface area contributed by atoms with Gasteiger partial charge in [0.2, 0.25) is 5.91 Å². The fourth-order valence-electron chi connectivity index (χ4n) is 3.48. The Labute approximate surface area is 132 Å². The Morgan fingerprint density at radius 2 is 2.23 bits per heavy atom. The monoisotopic (exact) mass is 302 g/mol. The molecule has 1 saturated heterocycles. The predicted octanol–water partition coefficient (Wildman–Crippen LogP) is 2.32. The summed E-state index contributed by atoms with van der Waals surface area (Å²) < 4.78 is 0. The van der Waals surface area contributed by atoms with Crippen molar-refractivity contribution in [2.45, 2.75) is 58.0 Å². The molecule has 3 heterocycles. The molecule has 0 aromatic carbocycles. The Hall–Kier alpha value is -1.49. The van der Waals surface area contributed by atoms with Crippen molar-refractivity contribution in [3.05, 3.63) is 23.3 Å². The lowest BCUT2D eigenvalue weighted by molar-refractivity contribution is -0.132.